The van der Waals surface area contributed by atoms with Gasteiger partial charge in [-0.05, 0) is 88.4 Å². The molecule has 0 amide bonds. The Bertz CT molecular complexity index is 348. The van der Waals surface area contributed by atoms with Gasteiger partial charge in [0.05, 0.1) is 17.2 Å². The fourth-order valence-electron chi connectivity index (χ4n) is 7.13. The molecular weight excluding hydrogens is 504 g/mol. The minimum absolute atomic E-state index is 0. The Kier molecular flexibility index (Phi) is 13.9. The molecular formula is C25H52ClP2Pd+. The first-order valence-corrected chi connectivity index (χ1v) is 16.6. The second-order valence-electron chi connectivity index (χ2n) is 10.5. The monoisotopic (exact) mass is 555 g/mol. The van der Waals surface area contributed by atoms with Gasteiger partial charge < -0.3 is 0 Å². The van der Waals surface area contributed by atoms with E-state index in [4.69, 9.17) is 0 Å². The van der Waals surface area contributed by atoms with Crippen LogP contribution in [0.15, 0.2) is 0 Å². The summed E-state index contributed by atoms with van der Waals surface area (Å²) in [6.45, 7) is 0. The third kappa shape index (κ3) is 7.96. The van der Waals surface area contributed by atoms with Crippen LogP contribution in [0.25, 0.3) is 0 Å². The first-order chi connectivity index (χ1) is 13.4. The Balaban J connectivity index is 0.00000225. The first-order valence-electron chi connectivity index (χ1n) is 13.0. The third-order valence-corrected chi connectivity index (χ3v) is 17.8. The van der Waals surface area contributed by atoms with E-state index in [0.29, 0.717) is 7.92 Å². The average molecular weight is 557 g/mol. The van der Waals surface area contributed by atoms with Gasteiger partial charge in [-0.3, -0.25) is 0 Å². The minimum Gasteiger partial charge on any atom is -0.147 e. The Labute approximate surface area is 207 Å². The number of rotatable bonds is 6. The molecule has 0 aromatic heterocycles. The summed E-state index contributed by atoms with van der Waals surface area (Å²) in [5, 5.41) is 0. The van der Waals surface area contributed by atoms with Gasteiger partial charge in [0, 0.05) is 31.2 Å². The van der Waals surface area contributed by atoms with Crippen molar-refractivity contribution in [3.05, 3.63) is 0 Å². The Morgan fingerprint density at radius 3 is 1.17 bits per heavy atom. The minimum atomic E-state index is -0.112. The summed E-state index contributed by atoms with van der Waals surface area (Å²) in [7, 11) is 0.247. The maximum Gasteiger partial charge on any atom is 0.0765 e. The Morgan fingerprint density at radius 1 is 0.517 bits per heavy atom. The van der Waals surface area contributed by atoms with Crippen LogP contribution in [-0.4, -0.2) is 28.5 Å². The molecule has 4 aliphatic carbocycles. The molecule has 0 nitrogen and oxygen atoms in total. The fraction of sp³-hybridized carbons (Fsp3) is 1.00. The van der Waals surface area contributed by atoms with Crippen molar-refractivity contribution in [2.24, 2.45) is 0 Å². The molecule has 29 heavy (non-hydrogen) atoms. The number of halogens is 1. The molecule has 0 N–H and O–H groups in total. The smallest absolute Gasteiger partial charge is 0.0765 e. The molecule has 0 spiro atoms. The van der Waals surface area contributed by atoms with Crippen LogP contribution in [0.4, 0.5) is 0 Å². The van der Waals surface area contributed by atoms with Gasteiger partial charge in [0.25, 0.3) is 0 Å². The zero-order chi connectivity index (χ0) is 18.3. The molecule has 0 saturated heterocycles. The van der Waals surface area contributed by atoms with Gasteiger partial charge in [0.1, 0.15) is 0 Å². The Hall–Kier alpha value is 1.81. The van der Waals surface area contributed by atoms with Crippen molar-refractivity contribution >= 4 is 28.3 Å². The molecule has 4 saturated carbocycles. The third-order valence-electron chi connectivity index (χ3n) is 8.71. The van der Waals surface area contributed by atoms with Gasteiger partial charge in [-0.2, -0.15) is 0 Å². The summed E-state index contributed by atoms with van der Waals surface area (Å²) in [6, 6.07) is 0. The average Bonchev–Trinajstić information content (AvgIpc) is 2.77. The van der Waals surface area contributed by atoms with Crippen molar-refractivity contribution in [1.29, 1.82) is 0 Å². The van der Waals surface area contributed by atoms with E-state index in [-0.39, 0.29) is 43.6 Å². The molecule has 0 heterocycles. The van der Waals surface area contributed by atoms with Gasteiger partial charge in [-0.15, -0.1) is 12.4 Å². The maximum atomic E-state index is 1.82. The molecule has 4 aliphatic rings. The molecule has 4 heteroatoms. The molecule has 0 atom stereocenters. The maximum absolute atomic E-state index is 1.82. The van der Waals surface area contributed by atoms with E-state index in [1.54, 1.807) is 128 Å². The molecule has 0 bridgehead atoms. The second-order valence-corrected chi connectivity index (χ2v) is 17.0. The molecule has 0 aliphatic heterocycles. The van der Waals surface area contributed by atoms with Crippen LogP contribution in [0, 0.1) is 0 Å². The van der Waals surface area contributed by atoms with Crippen molar-refractivity contribution in [3.63, 3.8) is 0 Å². The predicted octanol–water partition coefficient (Wildman–Crippen LogP) is 9.88. The second kappa shape index (κ2) is 14.9. The van der Waals surface area contributed by atoms with Gasteiger partial charge in [0.15, 0.2) is 0 Å². The molecule has 0 radical (unpaired) electrons. The predicted molar refractivity (Wildman–Crippen MR) is 139 cm³/mol. The summed E-state index contributed by atoms with van der Waals surface area (Å²) in [6.07, 6.45) is 31.9. The van der Waals surface area contributed by atoms with E-state index in [1.165, 1.54) is 22.6 Å². The molecule has 178 valence electrons. The SMILES string of the molecule is C1CCC(P(C[PH+](C2CCCCC2)C2CCCCC2)C2CCCCC2)CC1.Cl.[HH].[HH].[Pd]. The van der Waals surface area contributed by atoms with E-state index >= 15 is 0 Å². The first kappa shape index (κ1) is 27.1. The van der Waals surface area contributed by atoms with Crippen molar-refractivity contribution in [3.8, 4) is 0 Å². The van der Waals surface area contributed by atoms with E-state index in [2.05, 4.69) is 0 Å². The van der Waals surface area contributed by atoms with Crippen LogP contribution in [0.1, 0.15) is 131 Å². The van der Waals surface area contributed by atoms with Crippen LogP contribution in [0.3, 0.4) is 0 Å². The van der Waals surface area contributed by atoms with Crippen molar-refractivity contribution in [1.82, 2.24) is 0 Å². The van der Waals surface area contributed by atoms with Gasteiger partial charge >= 0.3 is 0 Å². The zero-order valence-electron chi connectivity index (χ0n) is 18.8. The van der Waals surface area contributed by atoms with Crippen molar-refractivity contribution in [2.45, 2.75) is 151 Å². The molecule has 4 fully saturated rings. The summed E-state index contributed by atoms with van der Waals surface area (Å²) in [5.41, 5.74) is 4.85. The van der Waals surface area contributed by atoms with Crippen LogP contribution < -0.4 is 0 Å². The number of hydrogen-bond acceptors (Lipinski definition) is 0. The normalized spacial score (nSPS) is 26.3. The molecule has 0 aromatic rings. The van der Waals surface area contributed by atoms with Gasteiger partial charge in [-0.1, -0.05) is 59.3 Å². The van der Waals surface area contributed by atoms with Crippen molar-refractivity contribution in [2.75, 3.05) is 5.90 Å². The van der Waals surface area contributed by atoms with Crippen LogP contribution in [0.2, 0.25) is 0 Å². The molecule has 0 aromatic carbocycles. The largest absolute Gasteiger partial charge is 0.147 e. The number of hydrogen-bond donors (Lipinski definition) is 0. The van der Waals surface area contributed by atoms with Crippen LogP contribution >= 0.6 is 28.3 Å². The van der Waals surface area contributed by atoms with E-state index in [1.807, 2.05) is 5.90 Å². The topological polar surface area (TPSA) is 0 Å². The molecule has 0 unspecified atom stereocenters. The summed E-state index contributed by atoms with van der Waals surface area (Å²) >= 11 is 0. The summed E-state index contributed by atoms with van der Waals surface area (Å²) in [4.78, 5) is 0. The van der Waals surface area contributed by atoms with Gasteiger partial charge in [0.2, 0.25) is 0 Å². The van der Waals surface area contributed by atoms with Gasteiger partial charge in [-0.25, -0.2) is 0 Å². The van der Waals surface area contributed by atoms with Crippen LogP contribution in [0.5, 0.6) is 0 Å². The molecule has 4 rings (SSSR count). The van der Waals surface area contributed by atoms with E-state index in [0.717, 1.165) is 0 Å². The van der Waals surface area contributed by atoms with E-state index < -0.39 is 0 Å². The summed E-state index contributed by atoms with van der Waals surface area (Å²) in [5.74, 6) is 1.82. The summed E-state index contributed by atoms with van der Waals surface area (Å²) < 4.78 is 0. The fourth-order valence-corrected chi connectivity index (χ4v) is 18.6. The Morgan fingerprint density at radius 2 is 0.828 bits per heavy atom. The quantitative estimate of drug-likeness (QED) is 0.226. The van der Waals surface area contributed by atoms with Crippen molar-refractivity contribution < 1.29 is 23.3 Å². The van der Waals surface area contributed by atoms with Crippen LogP contribution in [-0.2, 0) is 20.4 Å². The van der Waals surface area contributed by atoms with E-state index in [9.17, 15) is 0 Å². The zero-order valence-corrected chi connectivity index (χ0v) is 23.1. The standard InChI is InChI=1S/C25H46P2.ClH.Pd.2H2/c1-5-13-22(14-6-1)26(23-15-7-2-8-16-23)21-27(24-17-9-3-10-18-24)25-19-11-4-12-20-25;;;;/h22-25H,1-21H2;1H;;2*1H/p+1.